The molecule has 2 aromatic carbocycles. The summed E-state index contributed by atoms with van der Waals surface area (Å²) in [5.74, 6) is 1.55. The fourth-order valence-corrected chi connectivity index (χ4v) is 4.63. The van der Waals surface area contributed by atoms with Gasteiger partial charge in [-0.05, 0) is 47.1 Å². The van der Waals surface area contributed by atoms with Gasteiger partial charge in [-0.15, -0.1) is 0 Å². The summed E-state index contributed by atoms with van der Waals surface area (Å²) in [6, 6.07) is 12.0. The van der Waals surface area contributed by atoms with Gasteiger partial charge in [-0.2, -0.15) is 4.98 Å². The largest absolute Gasteiger partial charge is 0.616 e. The van der Waals surface area contributed by atoms with Crippen LogP contribution in [0.2, 0.25) is 5.02 Å². The van der Waals surface area contributed by atoms with E-state index in [-0.39, 0.29) is 6.42 Å². The fourth-order valence-electron chi connectivity index (χ4n) is 3.12. The van der Waals surface area contributed by atoms with E-state index in [1.165, 1.54) is 7.11 Å². The maximum Gasteiger partial charge on any atom is 0.307 e. The lowest BCUT2D eigenvalue weighted by atomic mass is 10.1. The highest BCUT2D eigenvalue weighted by Crippen LogP contribution is 2.36. The van der Waals surface area contributed by atoms with Gasteiger partial charge in [0.1, 0.15) is 28.7 Å². The molecule has 0 bridgehead atoms. The molecule has 1 atom stereocenters. The van der Waals surface area contributed by atoms with Crippen molar-refractivity contribution < 1.29 is 23.9 Å². The zero-order valence-electron chi connectivity index (χ0n) is 15.9. The van der Waals surface area contributed by atoms with Crippen molar-refractivity contribution >= 4 is 28.7 Å². The first-order valence-corrected chi connectivity index (χ1v) is 10.9. The van der Waals surface area contributed by atoms with Crippen molar-refractivity contribution in [2.45, 2.75) is 17.9 Å². The molecule has 154 valence electrons. The van der Waals surface area contributed by atoms with Gasteiger partial charge in [-0.25, -0.2) is 4.98 Å². The summed E-state index contributed by atoms with van der Waals surface area (Å²) in [4.78, 5) is 20.0. The van der Waals surface area contributed by atoms with Crippen LogP contribution in [-0.2, 0) is 33.9 Å². The van der Waals surface area contributed by atoms with E-state index in [1.54, 1.807) is 42.5 Å². The number of nitrogens with zero attached hydrogens (tertiary/aromatic N) is 2. The molecule has 1 aliphatic heterocycles. The number of methoxy groups -OCH3 is 1. The number of carboxylic acid groups (broad SMARTS) is 1. The lowest BCUT2D eigenvalue weighted by Crippen LogP contribution is -2.02. The number of carboxylic acids is 1. The third-order valence-corrected chi connectivity index (χ3v) is 6.06. The number of halogens is 1. The van der Waals surface area contributed by atoms with Crippen molar-refractivity contribution in [3.8, 4) is 28.8 Å². The first-order valence-electron chi connectivity index (χ1n) is 9.00. The first-order chi connectivity index (χ1) is 14.4. The molecule has 0 saturated carbocycles. The van der Waals surface area contributed by atoms with Gasteiger partial charge in [0, 0.05) is 5.56 Å². The fraction of sp³-hybridized carbons (Fsp3) is 0.190. The predicted molar refractivity (Wildman–Crippen MR) is 112 cm³/mol. The molecule has 0 aliphatic carbocycles. The van der Waals surface area contributed by atoms with Crippen molar-refractivity contribution in [2.75, 3.05) is 7.11 Å². The molecular formula is C21H17ClN2O5S. The van der Waals surface area contributed by atoms with E-state index in [0.717, 1.165) is 0 Å². The van der Waals surface area contributed by atoms with E-state index >= 15 is 0 Å². The Morgan fingerprint density at radius 3 is 2.63 bits per heavy atom. The van der Waals surface area contributed by atoms with E-state index in [2.05, 4.69) is 9.97 Å². The zero-order chi connectivity index (χ0) is 21.3. The van der Waals surface area contributed by atoms with Gasteiger partial charge in [0.05, 0.1) is 24.1 Å². The minimum absolute atomic E-state index is 0.0649. The number of hydrogen-bond donors (Lipinski definition) is 1. The van der Waals surface area contributed by atoms with E-state index in [9.17, 15) is 9.35 Å². The normalized spacial score (nSPS) is 15.0. The molecule has 0 radical (unpaired) electrons. The summed E-state index contributed by atoms with van der Waals surface area (Å²) in [6.07, 6.45) is -0.0649. The Balaban J connectivity index is 1.69. The molecule has 1 aliphatic rings. The molecule has 0 spiro atoms. The molecule has 2 heterocycles. The van der Waals surface area contributed by atoms with Gasteiger partial charge in [0.2, 0.25) is 5.88 Å². The monoisotopic (exact) mass is 444 g/mol. The Bertz CT molecular complexity index is 1110. The predicted octanol–water partition coefficient (Wildman–Crippen LogP) is 3.99. The number of benzene rings is 2. The maximum absolute atomic E-state index is 12.1. The Morgan fingerprint density at radius 2 is 1.97 bits per heavy atom. The van der Waals surface area contributed by atoms with Crippen LogP contribution in [0.25, 0.3) is 11.4 Å². The van der Waals surface area contributed by atoms with Gasteiger partial charge in [0.15, 0.2) is 5.82 Å². The second kappa shape index (κ2) is 8.51. The maximum atomic E-state index is 12.1. The third-order valence-electron chi connectivity index (χ3n) is 4.56. The number of fused-ring (bicyclic) bond motifs is 1. The number of hydrogen-bond acceptors (Lipinski definition) is 6. The van der Waals surface area contributed by atoms with Crippen LogP contribution >= 0.6 is 11.6 Å². The van der Waals surface area contributed by atoms with Crippen LogP contribution in [0.3, 0.4) is 0 Å². The standard InChI is InChI=1S/C21H17ClN2O5S/c1-28-18-7-4-13(9-16(18)22)20-23-17-11-30(27)10-15(17)21(24-20)29-14-5-2-12(3-6-14)8-19(25)26/h2-7,9H,8,10-11H2,1H3,(H,25,26). The van der Waals surface area contributed by atoms with Gasteiger partial charge in [-0.1, -0.05) is 23.7 Å². The molecule has 9 heteroatoms. The number of rotatable bonds is 6. The Kier molecular flexibility index (Phi) is 5.80. The summed E-state index contributed by atoms with van der Waals surface area (Å²) in [5.41, 5.74) is 2.74. The average Bonchev–Trinajstić information content (AvgIpc) is 3.09. The van der Waals surface area contributed by atoms with Crippen LogP contribution in [0.1, 0.15) is 16.8 Å². The van der Waals surface area contributed by atoms with E-state index in [1.807, 2.05) is 0 Å². The second-order valence-electron chi connectivity index (χ2n) is 6.67. The van der Waals surface area contributed by atoms with Crippen LogP contribution in [0.15, 0.2) is 42.5 Å². The van der Waals surface area contributed by atoms with Crippen molar-refractivity contribution in [2.24, 2.45) is 0 Å². The topological polar surface area (TPSA) is 105 Å². The van der Waals surface area contributed by atoms with Crippen LogP contribution in [0, 0.1) is 0 Å². The van der Waals surface area contributed by atoms with Gasteiger partial charge in [-0.3, -0.25) is 4.79 Å². The molecule has 1 aromatic heterocycles. The smallest absolute Gasteiger partial charge is 0.307 e. The van der Waals surface area contributed by atoms with Crippen molar-refractivity contribution in [1.29, 1.82) is 0 Å². The Hall–Kier alpha value is -2.81. The SMILES string of the molecule is COc1ccc(-c2nc3c(c(Oc4ccc(CC(=O)O)cc4)n2)C[S+]([O-])C3)cc1Cl. The molecule has 0 fully saturated rings. The molecule has 3 aromatic rings. The summed E-state index contributed by atoms with van der Waals surface area (Å²) in [5, 5.41) is 9.33. The summed E-state index contributed by atoms with van der Waals surface area (Å²) in [6.45, 7) is 0. The summed E-state index contributed by atoms with van der Waals surface area (Å²) >= 11 is 5.17. The average molecular weight is 445 g/mol. The van der Waals surface area contributed by atoms with Crippen LogP contribution in [0.4, 0.5) is 0 Å². The number of ether oxygens (including phenoxy) is 2. The highest BCUT2D eigenvalue weighted by atomic mass is 35.5. The number of aliphatic carboxylic acids is 1. The third kappa shape index (κ3) is 4.35. The minimum atomic E-state index is -1.07. The van der Waals surface area contributed by atoms with Crippen LogP contribution < -0.4 is 9.47 Å². The van der Waals surface area contributed by atoms with E-state index in [4.69, 9.17) is 26.2 Å². The minimum Gasteiger partial charge on any atom is -0.616 e. The van der Waals surface area contributed by atoms with Crippen molar-refractivity contribution in [1.82, 2.24) is 9.97 Å². The molecule has 0 amide bonds. The Labute approximate surface area is 180 Å². The van der Waals surface area contributed by atoms with E-state index < -0.39 is 17.1 Å². The van der Waals surface area contributed by atoms with Crippen molar-refractivity contribution in [3.05, 3.63) is 64.3 Å². The van der Waals surface area contributed by atoms with Gasteiger partial charge in [0.25, 0.3) is 0 Å². The summed E-state index contributed by atoms with van der Waals surface area (Å²) in [7, 11) is 1.54. The zero-order valence-corrected chi connectivity index (χ0v) is 17.5. The highest BCUT2D eigenvalue weighted by molar-refractivity contribution is 7.90. The molecule has 7 nitrogen and oxygen atoms in total. The quantitative estimate of drug-likeness (QED) is 0.573. The number of carbonyl (C=O) groups is 1. The lowest BCUT2D eigenvalue weighted by molar-refractivity contribution is -0.136. The van der Waals surface area contributed by atoms with Crippen LogP contribution in [0.5, 0.6) is 17.4 Å². The van der Waals surface area contributed by atoms with Gasteiger partial charge < -0.3 is 19.1 Å². The Morgan fingerprint density at radius 1 is 1.20 bits per heavy atom. The van der Waals surface area contributed by atoms with E-state index in [0.29, 0.717) is 62.1 Å². The molecule has 4 rings (SSSR count). The molecule has 0 saturated heterocycles. The highest BCUT2D eigenvalue weighted by Gasteiger charge is 2.30. The molecule has 1 N–H and O–H groups in total. The molecule has 1 unspecified atom stereocenters. The van der Waals surface area contributed by atoms with Crippen LogP contribution in [-0.4, -0.2) is 32.7 Å². The first kappa shape index (κ1) is 20.5. The second-order valence-corrected chi connectivity index (χ2v) is 8.54. The van der Waals surface area contributed by atoms with Gasteiger partial charge >= 0.3 is 5.97 Å². The molecular weight excluding hydrogens is 428 g/mol. The summed E-state index contributed by atoms with van der Waals surface area (Å²) < 4.78 is 23.3. The van der Waals surface area contributed by atoms with Crippen molar-refractivity contribution in [3.63, 3.8) is 0 Å². The molecule has 30 heavy (non-hydrogen) atoms. The number of aromatic nitrogens is 2. The lowest BCUT2D eigenvalue weighted by Gasteiger charge is -2.11.